The van der Waals surface area contributed by atoms with Crippen LogP contribution < -0.4 is 10.6 Å². The van der Waals surface area contributed by atoms with Gasteiger partial charge < -0.3 is 20.0 Å². The van der Waals surface area contributed by atoms with Crippen molar-refractivity contribution < 1.29 is 18.8 Å². The number of rotatable bonds is 8. The number of hydrogen-bond donors (Lipinski definition) is 2. The highest BCUT2D eigenvalue weighted by atomic mass is 32.1. The molecular weight excluding hydrogens is 416 g/mol. The number of furan rings is 1. The van der Waals surface area contributed by atoms with E-state index in [1.807, 2.05) is 45.0 Å². The lowest BCUT2D eigenvalue weighted by atomic mass is 10.2. The summed E-state index contributed by atoms with van der Waals surface area (Å²) < 4.78 is 5.14. The van der Waals surface area contributed by atoms with Crippen LogP contribution in [0.15, 0.2) is 52.5 Å². The minimum absolute atomic E-state index is 0.0926. The van der Waals surface area contributed by atoms with Crippen LogP contribution in [0.2, 0.25) is 0 Å². The first-order chi connectivity index (χ1) is 14.8. The molecule has 0 spiro atoms. The summed E-state index contributed by atoms with van der Waals surface area (Å²) in [6, 6.07) is 10.5. The molecule has 3 aromatic rings. The maximum absolute atomic E-state index is 12.5. The van der Waals surface area contributed by atoms with E-state index >= 15 is 0 Å². The summed E-state index contributed by atoms with van der Waals surface area (Å²) in [7, 11) is 0. The van der Waals surface area contributed by atoms with Gasteiger partial charge in [-0.15, -0.1) is 11.3 Å². The van der Waals surface area contributed by atoms with Crippen molar-refractivity contribution >= 4 is 39.9 Å². The number of carbonyl (C=O) groups excluding carboxylic acids is 3. The van der Waals surface area contributed by atoms with Gasteiger partial charge in [0, 0.05) is 17.1 Å². The molecular formula is C22H24N4O4S. The molecule has 0 saturated carbocycles. The average Bonchev–Trinajstić information content (AvgIpc) is 3.39. The Hall–Kier alpha value is -3.46. The molecule has 3 rings (SSSR count). The molecule has 0 atom stereocenters. The second-order valence-corrected chi connectivity index (χ2v) is 8.15. The summed E-state index contributed by atoms with van der Waals surface area (Å²) in [4.78, 5) is 42.9. The van der Waals surface area contributed by atoms with Gasteiger partial charge in [0.25, 0.3) is 5.91 Å². The van der Waals surface area contributed by atoms with Gasteiger partial charge in [0.05, 0.1) is 18.4 Å². The minimum atomic E-state index is -0.376. The number of nitrogens with zero attached hydrogens (tertiary/aromatic N) is 2. The maximum atomic E-state index is 12.5. The zero-order valence-electron chi connectivity index (χ0n) is 17.5. The van der Waals surface area contributed by atoms with Crippen LogP contribution in [0.25, 0.3) is 0 Å². The molecule has 0 unspecified atom stereocenters. The van der Waals surface area contributed by atoms with Crippen molar-refractivity contribution in [2.45, 2.75) is 33.2 Å². The molecule has 2 N–H and O–H groups in total. The third-order valence-corrected chi connectivity index (χ3v) is 5.21. The number of nitrogens with one attached hydrogen (secondary N) is 2. The van der Waals surface area contributed by atoms with Crippen LogP contribution in [-0.4, -0.2) is 40.2 Å². The van der Waals surface area contributed by atoms with Gasteiger partial charge in [-0.2, -0.15) is 0 Å². The van der Waals surface area contributed by atoms with E-state index in [1.165, 1.54) is 22.5 Å². The topological polar surface area (TPSA) is 105 Å². The van der Waals surface area contributed by atoms with Crippen molar-refractivity contribution in [1.29, 1.82) is 0 Å². The van der Waals surface area contributed by atoms with E-state index in [0.29, 0.717) is 16.5 Å². The Bertz CT molecular complexity index is 1040. The van der Waals surface area contributed by atoms with E-state index < -0.39 is 0 Å². The number of anilines is 2. The predicted molar refractivity (Wildman–Crippen MR) is 119 cm³/mol. The predicted octanol–water partition coefficient (Wildman–Crippen LogP) is 3.72. The van der Waals surface area contributed by atoms with Crippen LogP contribution in [0.3, 0.4) is 0 Å². The summed E-state index contributed by atoms with van der Waals surface area (Å²) in [5.41, 5.74) is 2.38. The van der Waals surface area contributed by atoms with Crippen LogP contribution in [0.4, 0.5) is 10.8 Å². The molecule has 0 saturated heterocycles. The van der Waals surface area contributed by atoms with Gasteiger partial charge in [-0.1, -0.05) is 17.7 Å². The molecule has 162 valence electrons. The highest BCUT2D eigenvalue weighted by Gasteiger charge is 2.24. The molecule has 3 amide bonds. The Morgan fingerprint density at radius 3 is 2.48 bits per heavy atom. The molecule has 0 aliphatic carbocycles. The van der Waals surface area contributed by atoms with Gasteiger partial charge in [0.1, 0.15) is 6.54 Å². The molecule has 9 heteroatoms. The smallest absolute Gasteiger partial charge is 0.290 e. The number of benzene rings is 1. The summed E-state index contributed by atoms with van der Waals surface area (Å²) in [5, 5.41) is 7.60. The van der Waals surface area contributed by atoms with Crippen molar-refractivity contribution in [2.75, 3.05) is 17.2 Å². The van der Waals surface area contributed by atoms with Gasteiger partial charge in [0.2, 0.25) is 11.8 Å². The first-order valence-corrected chi connectivity index (χ1v) is 10.6. The highest BCUT2D eigenvalue weighted by Crippen LogP contribution is 2.17. The van der Waals surface area contributed by atoms with Crippen molar-refractivity contribution in [1.82, 2.24) is 9.88 Å². The monoisotopic (exact) mass is 440 g/mol. The third-order valence-electron chi connectivity index (χ3n) is 4.41. The summed E-state index contributed by atoms with van der Waals surface area (Å²) in [6.45, 7) is 5.48. The molecule has 0 aliphatic heterocycles. The molecule has 0 bridgehead atoms. The molecule has 2 heterocycles. The number of hydrogen-bond acceptors (Lipinski definition) is 6. The number of aromatic nitrogens is 1. The first-order valence-electron chi connectivity index (χ1n) is 9.77. The highest BCUT2D eigenvalue weighted by molar-refractivity contribution is 7.13. The van der Waals surface area contributed by atoms with Gasteiger partial charge in [-0.3, -0.25) is 14.4 Å². The second kappa shape index (κ2) is 10.0. The Morgan fingerprint density at radius 1 is 1.10 bits per heavy atom. The molecule has 0 aliphatic rings. The number of carbonyl (C=O) groups is 3. The molecule has 31 heavy (non-hydrogen) atoms. The fraction of sp³-hybridized carbons (Fsp3) is 0.273. The van der Waals surface area contributed by atoms with Crippen molar-refractivity contribution in [2.24, 2.45) is 0 Å². The summed E-state index contributed by atoms with van der Waals surface area (Å²) >= 11 is 1.22. The lowest BCUT2D eigenvalue weighted by molar-refractivity contribution is -0.117. The lowest BCUT2D eigenvalue weighted by Crippen LogP contribution is -2.42. The standard InChI is InChI=1S/C22H24N4O4S/c1-14(2)26(21(29)18-5-4-10-30-18)12-20(28)25-22-24-17(13-31-22)11-19(27)23-16-8-6-15(3)7-9-16/h4-10,13-14H,11-12H2,1-3H3,(H,23,27)(H,24,25,28). The molecule has 0 radical (unpaired) electrons. The number of amides is 3. The number of aryl methyl sites for hydroxylation is 1. The fourth-order valence-electron chi connectivity index (χ4n) is 2.80. The van der Waals surface area contributed by atoms with E-state index in [1.54, 1.807) is 17.5 Å². The minimum Gasteiger partial charge on any atom is -0.459 e. The Balaban J connectivity index is 1.54. The largest absolute Gasteiger partial charge is 0.459 e. The van der Waals surface area contributed by atoms with Crippen LogP contribution in [0.5, 0.6) is 0 Å². The first kappa shape index (κ1) is 22.2. The lowest BCUT2D eigenvalue weighted by Gasteiger charge is -2.24. The van der Waals surface area contributed by atoms with E-state index in [-0.39, 0.29) is 42.5 Å². The van der Waals surface area contributed by atoms with Crippen LogP contribution in [0, 0.1) is 6.92 Å². The normalized spacial score (nSPS) is 10.7. The molecule has 1 aromatic carbocycles. The molecule has 8 nitrogen and oxygen atoms in total. The van der Waals surface area contributed by atoms with Crippen molar-refractivity contribution in [3.63, 3.8) is 0 Å². The SMILES string of the molecule is Cc1ccc(NC(=O)Cc2csc(NC(=O)CN(C(=O)c3ccco3)C(C)C)n2)cc1. The third kappa shape index (κ3) is 6.26. The van der Waals surface area contributed by atoms with Crippen LogP contribution in [-0.2, 0) is 16.0 Å². The molecule has 0 fully saturated rings. The van der Waals surface area contributed by atoms with Gasteiger partial charge in [0.15, 0.2) is 10.9 Å². The Labute approximate surface area is 184 Å². The van der Waals surface area contributed by atoms with E-state index in [4.69, 9.17) is 4.42 Å². The Morgan fingerprint density at radius 2 is 1.84 bits per heavy atom. The van der Waals surface area contributed by atoms with Gasteiger partial charge in [-0.25, -0.2) is 4.98 Å². The van der Waals surface area contributed by atoms with Crippen LogP contribution in [0.1, 0.15) is 35.7 Å². The summed E-state index contributed by atoms with van der Waals surface area (Å²) in [6.07, 6.45) is 1.51. The van der Waals surface area contributed by atoms with Crippen LogP contribution >= 0.6 is 11.3 Å². The van der Waals surface area contributed by atoms with E-state index in [2.05, 4.69) is 15.6 Å². The zero-order valence-corrected chi connectivity index (χ0v) is 18.4. The quantitative estimate of drug-likeness (QED) is 0.556. The second-order valence-electron chi connectivity index (χ2n) is 7.29. The van der Waals surface area contributed by atoms with E-state index in [0.717, 1.165) is 5.56 Å². The van der Waals surface area contributed by atoms with Crippen molar-refractivity contribution in [3.8, 4) is 0 Å². The average molecular weight is 441 g/mol. The number of thiazole rings is 1. The Kier molecular flexibility index (Phi) is 7.19. The summed E-state index contributed by atoms with van der Waals surface area (Å²) in [5.74, 6) is -0.749. The van der Waals surface area contributed by atoms with Crippen molar-refractivity contribution in [3.05, 3.63) is 65.1 Å². The van der Waals surface area contributed by atoms with Gasteiger partial charge in [-0.05, 0) is 45.0 Å². The maximum Gasteiger partial charge on any atom is 0.290 e. The molecule has 2 aromatic heterocycles. The fourth-order valence-corrected chi connectivity index (χ4v) is 3.52. The van der Waals surface area contributed by atoms with E-state index in [9.17, 15) is 14.4 Å². The van der Waals surface area contributed by atoms with Gasteiger partial charge >= 0.3 is 0 Å². The zero-order chi connectivity index (χ0) is 22.4.